The predicted octanol–water partition coefficient (Wildman–Crippen LogP) is 0.960. The molecule has 0 aliphatic rings. The molecule has 9 heteroatoms. The van der Waals surface area contributed by atoms with Crippen LogP contribution < -0.4 is 5.73 Å². The topological polar surface area (TPSA) is 127 Å². The lowest BCUT2D eigenvalue weighted by Crippen LogP contribution is -2.34. The Morgan fingerprint density at radius 3 is 2.57 bits per heavy atom. The van der Waals surface area contributed by atoms with E-state index >= 15 is 0 Å². The highest BCUT2D eigenvalue weighted by atomic mass is 32.2. The third-order valence-electron chi connectivity index (χ3n) is 2.91. The zero-order chi connectivity index (χ0) is 16.0. The number of nitro benzene ring substituents is 1. The number of nitrogens with two attached hydrogens (primary N) is 1. The number of hydrogen-bond acceptors (Lipinski definition) is 6. The van der Waals surface area contributed by atoms with Gasteiger partial charge in [0.2, 0.25) is 10.0 Å². The van der Waals surface area contributed by atoms with E-state index in [4.69, 9.17) is 10.8 Å². The Morgan fingerprint density at radius 2 is 2.05 bits per heavy atom. The average molecular weight is 317 g/mol. The Bertz CT molecular complexity index is 603. The van der Waals surface area contributed by atoms with Crippen molar-refractivity contribution in [2.75, 3.05) is 25.4 Å². The molecular weight excluding hydrogens is 298 g/mol. The quantitative estimate of drug-likeness (QED) is 0.417. The Kier molecular flexibility index (Phi) is 6.06. The SMILES string of the molecule is CCCCN(CCO)S(=O)(=O)c1ccc(N)cc1[N+](=O)[O-]. The van der Waals surface area contributed by atoms with Gasteiger partial charge in [0, 0.05) is 24.8 Å². The van der Waals surface area contributed by atoms with E-state index < -0.39 is 25.5 Å². The summed E-state index contributed by atoms with van der Waals surface area (Å²) in [6.45, 7) is 1.63. The van der Waals surface area contributed by atoms with E-state index in [1.807, 2.05) is 6.92 Å². The van der Waals surface area contributed by atoms with Crippen molar-refractivity contribution < 1.29 is 18.4 Å². The summed E-state index contributed by atoms with van der Waals surface area (Å²) in [6, 6.07) is 3.44. The van der Waals surface area contributed by atoms with Gasteiger partial charge in [-0.05, 0) is 18.6 Å². The maximum atomic E-state index is 12.5. The first-order chi connectivity index (χ1) is 9.84. The van der Waals surface area contributed by atoms with Gasteiger partial charge in [-0.1, -0.05) is 13.3 Å². The summed E-state index contributed by atoms with van der Waals surface area (Å²) < 4.78 is 26.1. The fraction of sp³-hybridized carbons (Fsp3) is 0.500. The van der Waals surface area contributed by atoms with Crippen LogP contribution in [0, 0.1) is 10.1 Å². The molecule has 0 aromatic heterocycles. The van der Waals surface area contributed by atoms with Crippen molar-refractivity contribution in [2.24, 2.45) is 0 Å². The van der Waals surface area contributed by atoms with Crippen LogP contribution in [0.5, 0.6) is 0 Å². The van der Waals surface area contributed by atoms with Gasteiger partial charge in [-0.3, -0.25) is 10.1 Å². The number of unbranched alkanes of at least 4 members (excludes halogenated alkanes) is 1. The standard InChI is InChI=1S/C12H19N3O5S/c1-2-3-6-14(7-8-16)21(19,20)12-5-4-10(13)9-11(12)15(17)18/h4-5,9,16H,2-3,6-8,13H2,1H3. The molecule has 0 aliphatic carbocycles. The minimum Gasteiger partial charge on any atom is -0.399 e. The third-order valence-corrected chi connectivity index (χ3v) is 4.85. The third kappa shape index (κ3) is 4.13. The van der Waals surface area contributed by atoms with E-state index in [1.165, 1.54) is 6.07 Å². The van der Waals surface area contributed by atoms with Crippen LogP contribution >= 0.6 is 0 Å². The van der Waals surface area contributed by atoms with Crippen LogP contribution in [0.4, 0.5) is 11.4 Å². The monoisotopic (exact) mass is 317 g/mol. The molecule has 3 N–H and O–H groups in total. The second-order valence-electron chi connectivity index (χ2n) is 4.47. The lowest BCUT2D eigenvalue weighted by atomic mass is 10.3. The van der Waals surface area contributed by atoms with Crippen LogP contribution in [0.15, 0.2) is 23.1 Å². The highest BCUT2D eigenvalue weighted by Crippen LogP contribution is 2.28. The number of sulfonamides is 1. The molecule has 118 valence electrons. The summed E-state index contributed by atoms with van der Waals surface area (Å²) in [4.78, 5) is 9.84. The van der Waals surface area contributed by atoms with Crippen molar-refractivity contribution in [1.82, 2.24) is 4.31 Å². The molecule has 0 radical (unpaired) electrons. The number of nitro groups is 1. The summed E-state index contributed by atoms with van der Waals surface area (Å²) in [5, 5.41) is 20.0. The van der Waals surface area contributed by atoms with Gasteiger partial charge in [0.25, 0.3) is 5.69 Å². The molecule has 0 saturated heterocycles. The van der Waals surface area contributed by atoms with E-state index in [9.17, 15) is 18.5 Å². The fourth-order valence-corrected chi connectivity index (χ4v) is 3.44. The van der Waals surface area contributed by atoms with E-state index in [-0.39, 0.29) is 25.4 Å². The van der Waals surface area contributed by atoms with E-state index in [0.29, 0.717) is 6.42 Å². The van der Waals surface area contributed by atoms with Crippen molar-refractivity contribution in [3.8, 4) is 0 Å². The first-order valence-electron chi connectivity index (χ1n) is 6.49. The van der Waals surface area contributed by atoms with E-state index in [2.05, 4.69) is 0 Å². The number of anilines is 1. The van der Waals surface area contributed by atoms with Crippen LogP contribution in [0.25, 0.3) is 0 Å². The second kappa shape index (κ2) is 7.34. The molecule has 0 bridgehead atoms. The fourth-order valence-electron chi connectivity index (χ4n) is 1.83. The van der Waals surface area contributed by atoms with Gasteiger partial charge in [-0.25, -0.2) is 8.42 Å². The molecule has 0 spiro atoms. The minimum atomic E-state index is -4.05. The molecule has 0 aliphatic heterocycles. The maximum absolute atomic E-state index is 12.5. The number of benzene rings is 1. The Labute approximate surface area is 123 Å². The molecule has 0 atom stereocenters. The number of aliphatic hydroxyl groups is 1. The van der Waals surface area contributed by atoms with Gasteiger partial charge in [0.15, 0.2) is 4.90 Å². The van der Waals surface area contributed by atoms with Gasteiger partial charge in [0.05, 0.1) is 11.5 Å². The molecule has 21 heavy (non-hydrogen) atoms. The van der Waals surface area contributed by atoms with Gasteiger partial charge in [-0.15, -0.1) is 0 Å². The summed E-state index contributed by atoms with van der Waals surface area (Å²) in [5.74, 6) is 0. The lowest BCUT2D eigenvalue weighted by Gasteiger charge is -2.21. The Balaban J connectivity index is 3.30. The second-order valence-corrected chi connectivity index (χ2v) is 6.37. The van der Waals surface area contributed by atoms with Crippen LogP contribution in [0.2, 0.25) is 0 Å². The first-order valence-corrected chi connectivity index (χ1v) is 7.93. The smallest absolute Gasteiger partial charge is 0.291 e. The number of aliphatic hydroxyl groups excluding tert-OH is 1. The summed E-state index contributed by atoms with van der Waals surface area (Å²) in [7, 11) is -4.05. The first kappa shape index (κ1) is 17.3. The molecule has 1 rings (SSSR count). The van der Waals surface area contributed by atoms with Crippen molar-refractivity contribution in [2.45, 2.75) is 24.7 Å². The van der Waals surface area contributed by atoms with Crippen molar-refractivity contribution >= 4 is 21.4 Å². The number of nitrogen functional groups attached to an aromatic ring is 1. The highest BCUT2D eigenvalue weighted by molar-refractivity contribution is 7.89. The zero-order valence-corrected chi connectivity index (χ0v) is 12.5. The molecule has 1 aromatic rings. The molecule has 0 saturated carbocycles. The maximum Gasteiger partial charge on any atom is 0.291 e. The molecule has 1 aromatic carbocycles. The summed E-state index contributed by atoms with van der Waals surface area (Å²) in [6.07, 6.45) is 1.36. The van der Waals surface area contributed by atoms with Crippen LogP contribution in [-0.2, 0) is 10.0 Å². The van der Waals surface area contributed by atoms with Gasteiger partial charge in [-0.2, -0.15) is 4.31 Å². The average Bonchev–Trinajstić information content (AvgIpc) is 2.42. The Hall–Kier alpha value is -1.71. The van der Waals surface area contributed by atoms with E-state index in [0.717, 1.165) is 22.9 Å². The van der Waals surface area contributed by atoms with Crippen LogP contribution in [-0.4, -0.2) is 42.4 Å². The van der Waals surface area contributed by atoms with Gasteiger partial charge >= 0.3 is 0 Å². The molecule has 8 nitrogen and oxygen atoms in total. The summed E-state index contributed by atoms with van der Waals surface area (Å²) >= 11 is 0. The van der Waals surface area contributed by atoms with E-state index in [1.54, 1.807) is 0 Å². The van der Waals surface area contributed by atoms with Crippen molar-refractivity contribution in [3.63, 3.8) is 0 Å². The molecule has 0 amide bonds. The Morgan fingerprint density at radius 1 is 1.38 bits per heavy atom. The minimum absolute atomic E-state index is 0.107. The van der Waals surface area contributed by atoms with Gasteiger partial charge in [0.1, 0.15) is 0 Å². The summed E-state index contributed by atoms with van der Waals surface area (Å²) in [5.41, 5.74) is 5.02. The van der Waals surface area contributed by atoms with Crippen LogP contribution in [0.3, 0.4) is 0 Å². The molecule has 0 heterocycles. The molecule has 0 unspecified atom stereocenters. The number of nitrogens with zero attached hydrogens (tertiary/aromatic N) is 2. The lowest BCUT2D eigenvalue weighted by molar-refractivity contribution is -0.387. The van der Waals surface area contributed by atoms with Crippen molar-refractivity contribution in [3.05, 3.63) is 28.3 Å². The highest BCUT2D eigenvalue weighted by Gasteiger charge is 2.31. The van der Waals surface area contributed by atoms with Crippen LogP contribution in [0.1, 0.15) is 19.8 Å². The molecule has 0 fully saturated rings. The largest absolute Gasteiger partial charge is 0.399 e. The normalized spacial score (nSPS) is 11.8. The predicted molar refractivity (Wildman–Crippen MR) is 78.3 cm³/mol. The van der Waals surface area contributed by atoms with Gasteiger partial charge < -0.3 is 10.8 Å². The number of rotatable bonds is 8. The van der Waals surface area contributed by atoms with Crippen molar-refractivity contribution in [1.29, 1.82) is 0 Å². The molecular formula is C12H19N3O5S. The number of hydrogen-bond donors (Lipinski definition) is 2. The zero-order valence-electron chi connectivity index (χ0n) is 11.7.